The number of amides is 2. The standard InChI is InChI=1S/C28H28N2O5/c1-17-3-13-25(35-2)24(15-17)30-28(34)29-22-10-6-18(7-11-22)20-8-12-23-21(16-20)5-4-19(27(23)33)9-14-26(31)32/h3,6-8,10-13,15-16,19H,4-5,9,14H2,1-2H3,(H,31,32)(H2,29,30,34). The molecule has 35 heavy (non-hydrogen) atoms. The molecule has 0 radical (unpaired) electrons. The van der Waals surface area contributed by atoms with Crippen molar-refractivity contribution >= 4 is 29.2 Å². The summed E-state index contributed by atoms with van der Waals surface area (Å²) in [6, 6.07) is 18.5. The fourth-order valence-corrected chi connectivity index (χ4v) is 4.42. The Morgan fingerprint density at radius 2 is 1.74 bits per heavy atom. The Morgan fingerprint density at radius 3 is 2.46 bits per heavy atom. The molecule has 0 aliphatic heterocycles. The van der Waals surface area contributed by atoms with E-state index in [1.165, 1.54) is 0 Å². The Hall–Kier alpha value is -4.13. The first-order valence-corrected chi connectivity index (χ1v) is 11.6. The normalized spacial score (nSPS) is 14.7. The van der Waals surface area contributed by atoms with E-state index in [-0.39, 0.29) is 24.2 Å². The number of rotatable bonds is 7. The van der Waals surface area contributed by atoms with Crippen LogP contribution in [-0.2, 0) is 11.2 Å². The Balaban J connectivity index is 1.42. The molecule has 0 bridgehead atoms. The predicted molar refractivity (Wildman–Crippen MR) is 135 cm³/mol. The third-order valence-electron chi connectivity index (χ3n) is 6.29. The van der Waals surface area contributed by atoms with E-state index in [4.69, 9.17) is 9.84 Å². The highest BCUT2D eigenvalue weighted by Gasteiger charge is 2.27. The maximum Gasteiger partial charge on any atom is 0.323 e. The van der Waals surface area contributed by atoms with Crippen LogP contribution in [0.5, 0.6) is 5.75 Å². The topological polar surface area (TPSA) is 105 Å². The first-order valence-electron chi connectivity index (χ1n) is 11.6. The number of ether oxygens (including phenoxy) is 1. The molecule has 0 heterocycles. The smallest absolute Gasteiger partial charge is 0.323 e. The van der Waals surface area contributed by atoms with Crippen molar-refractivity contribution in [2.24, 2.45) is 5.92 Å². The molecule has 2 amide bonds. The molecule has 4 rings (SSSR count). The lowest BCUT2D eigenvalue weighted by Gasteiger charge is -2.23. The molecule has 3 aromatic rings. The minimum atomic E-state index is -0.871. The van der Waals surface area contributed by atoms with Gasteiger partial charge in [-0.2, -0.15) is 0 Å². The third-order valence-corrected chi connectivity index (χ3v) is 6.29. The van der Waals surface area contributed by atoms with Gasteiger partial charge in [-0.25, -0.2) is 4.79 Å². The number of carboxylic acid groups (broad SMARTS) is 1. The highest BCUT2D eigenvalue weighted by Crippen LogP contribution is 2.32. The summed E-state index contributed by atoms with van der Waals surface area (Å²) in [5, 5.41) is 14.6. The highest BCUT2D eigenvalue weighted by molar-refractivity contribution is 6.01. The zero-order valence-electron chi connectivity index (χ0n) is 19.8. The number of carbonyl (C=O) groups is 3. The second-order valence-electron chi connectivity index (χ2n) is 8.76. The number of carbonyl (C=O) groups excluding carboxylic acids is 2. The van der Waals surface area contributed by atoms with Gasteiger partial charge in [0.15, 0.2) is 5.78 Å². The Morgan fingerprint density at radius 1 is 1.00 bits per heavy atom. The van der Waals surface area contributed by atoms with Crippen LogP contribution in [0.25, 0.3) is 11.1 Å². The first-order chi connectivity index (χ1) is 16.8. The zero-order chi connectivity index (χ0) is 24.9. The van der Waals surface area contributed by atoms with Gasteiger partial charge in [0, 0.05) is 23.6 Å². The van der Waals surface area contributed by atoms with E-state index in [0.29, 0.717) is 35.5 Å². The van der Waals surface area contributed by atoms with E-state index in [9.17, 15) is 14.4 Å². The van der Waals surface area contributed by atoms with Crippen molar-refractivity contribution in [3.8, 4) is 16.9 Å². The molecule has 0 saturated heterocycles. The highest BCUT2D eigenvalue weighted by atomic mass is 16.5. The van der Waals surface area contributed by atoms with E-state index >= 15 is 0 Å². The molecule has 1 unspecified atom stereocenters. The van der Waals surface area contributed by atoms with Crippen LogP contribution >= 0.6 is 0 Å². The van der Waals surface area contributed by atoms with Gasteiger partial charge in [0.05, 0.1) is 12.8 Å². The summed E-state index contributed by atoms with van der Waals surface area (Å²) in [5.41, 5.74) is 5.89. The van der Waals surface area contributed by atoms with Crippen molar-refractivity contribution in [3.05, 3.63) is 77.4 Å². The molecule has 0 saturated carbocycles. The summed E-state index contributed by atoms with van der Waals surface area (Å²) in [6.07, 6.45) is 1.82. The molecular weight excluding hydrogens is 444 g/mol. The predicted octanol–water partition coefficient (Wildman–Crippen LogP) is 5.92. The molecule has 0 spiro atoms. The second kappa shape index (κ2) is 10.4. The van der Waals surface area contributed by atoms with Crippen molar-refractivity contribution in [2.45, 2.75) is 32.6 Å². The minimum absolute atomic E-state index is 0.0146. The molecule has 0 aromatic heterocycles. The maximum atomic E-state index is 12.8. The summed E-state index contributed by atoms with van der Waals surface area (Å²) in [5.74, 6) is -0.472. The number of urea groups is 1. The van der Waals surface area contributed by atoms with Crippen LogP contribution in [0.2, 0.25) is 0 Å². The van der Waals surface area contributed by atoms with Gasteiger partial charge < -0.3 is 20.5 Å². The molecule has 0 fully saturated rings. The Bertz CT molecular complexity index is 1270. The Labute approximate surface area is 204 Å². The van der Waals surface area contributed by atoms with Crippen LogP contribution < -0.4 is 15.4 Å². The number of ketones is 1. The number of aliphatic carboxylic acids is 1. The molecular formula is C28H28N2O5. The summed E-state index contributed by atoms with van der Waals surface area (Å²) >= 11 is 0. The molecule has 7 heteroatoms. The van der Waals surface area contributed by atoms with E-state index in [0.717, 1.165) is 28.7 Å². The second-order valence-corrected chi connectivity index (χ2v) is 8.76. The molecule has 3 aromatic carbocycles. The zero-order valence-corrected chi connectivity index (χ0v) is 19.8. The van der Waals surface area contributed by atoms with Gasteiger partial charge >= 0.3 is 12.0 Å². The molecule has 3 N–H and O–H groups in total. The lowest BCUT2D eigenvalue weighted by Crippen LogP contribution is -2.23. The van der Waals surface area contributed by atoms with Gasteiger partial charge in [0.2, 0.25) is 0 Å². The monoisotopic (exact) mass is 472 g/mol. The largest absolute Gasteiger partial charge is 0.495 e. The summed E-state index contributed by atoms with van der Waals surface area (Å²) in [7, 11) is 1.56. The number of carboxylic acids is 1. The maximum absolute atomic E-state index is 12.8. The molecule has 180 valence electrons. The molecule has 1 aliphatic carbocycles. The lowest BCUT2D eigenvalue weighted by molar-refractivity contribution is -0.137. The average molecular weight is 473 g/mol. The summed E-state index contributed by atoms with van der Waals surface area (Å²) in [4.78, 5) is 36.1. The van der Waals surface area contributed by atoms with E-state index in [2.05, 4.69) is 10.6 Å². The Kier molecular flexibility index (Phi) is 7.15. The van der Waals surface area contributed by atoms with Crippen molar-refractivity contribution in [3.63, 3.8) is 0 Å². The number of nitrogens with one attached hydrogen (secondary N) is 2. The van der Waals surface area contributed by atoms with E-state index < -0.39 is 5.97 Å². The molecule has 7 nitrogen and oxygen atoms in total. The molecule has 1 atom stereocenters. The summed E-state index contributed by atoms with van der Waals surface area (Å²) in [6.45, 7) is 1.94. The SMILES string of the molecule is COc1ccc(C)cc1NC(=O)Nc1ccc(-c2ccc3c(c2)CCC(CCC(=O)O)C3=O)cc1. The van der Waals surface area contributed by atoms with E-state index in [1.807, 2.05) is 67.6 Å². The minimum Gasteiger partial charge on any atom is -0.495 e. The van der Waals surface area contributed by atoms with Crippen molar-refractivity contribution < 1.29 is 24.2 Å². The number of benzene rings is 3. The quantitative estimate of drug-likeness (QED) is 0.396. The number of methoxy groups -OCH3 is 1. The van der Waals surface area contributed by atoms with E-state index in [1.54, 1.807) is 7.11 Å². The first kappa shape index (κ1) is 24.0. The van der Waals surface area contributed by atoms with Gasteiger partial charge in [-0.3, -0.25) is 9.59 Å². The molecule has 1 aliphatic rings. The number of anilines is 2. The van der Waals surface area contributed by atoms with Gasteiger partial charge in [0.25, 0.3) is 0 Å². The number of aryl methyl sites for hydroxylation is 2. The van der Waals surface area contributed by atoms with Crippen LogP contribution in [0, 0.1) is 12.8 Å². The van der Waals surface area contributed by atoms with Gasteiger partial charge in [-0.1, -0.05) is 36.4 Å². The van der Waals surface area contributed by atoms with Crippen molar-refractivity contribution in [2.75, 3.05) is 17.7 Å². The van der Waals surface area contributed by atoms with Gasteiger partial charge in [-0.05, 0) is 72.7 Å². The van der Waals surface area contributed by atoms with Gasteiger partial charge in [-0.15, -0.1) is 0 Å². The average Bonchev–Trinajstić information content (AvgIpc) is 2.84. The number of hydrogen-bond donors (Lipinski definition) is 3. The van der Waals surface area contributed by atoms with Gasteiger partial charge in [0.1, 0.15) is 5.75 Å². The van der Waals surface area contributed by atoms with Crippen LogP contribution in [0.3, 0.4) is 0 Å². The number of hydrogen-bond acceptors (Lipinski definition) is 4. The lowest BCUT2D eigenvalue weighted by atomic mass is 9.79. The fraction of sp³-hybridized carbons (Fsp3) is 0.250. The van der Waals surface area contributed by atoms with Crippen molar-refractivity contribution in [1.29, 1.82) is 0 Å². The number of fused-ring (bicyclic) bond motifs is 1. The fourth-order valence-electron chi connectivity index (χ4n) is 4.42. The number of Topliss-reactive ketones (excluding diaryl/α,β-unsaturated/α-hetero) is 1. The van der Waals surface area contributed by atoms with Crippen LogP contribution in [0.1, 0.15) is 40.7 Å². The van der Waals surface area contributed by atoms with Crippen LogP contribution in [0.15, 0.2) is 60.7 Å². The third kappa shape index (κ3) is 5.69. The van der Waals surface area contributed by atoms with Crippen LogP contribution in [-0.4, -0.2) is 30.0 Å². The van der Waals surface area contributed by atoms with Crippen LogP contribution in [0.4, 0.5) is 16.2 Å². The summed E-state index contributed by atoms with van der Waals surface area (Å²) < 4.78 is 5.30. The van der Waals surface area contributed by atoms with Crippen molar-refractivity contribution in [1.82, 2.24) is 0 Å².